The molecule has 7 aromatic carbocycles. The van der Waals surface area contributed by atoms with Crippen LogP contribution in [-0.4, -0.2) is 21.7 Å². The number of rotatable bonds is 8. The molecule has 0 fully saturated rings. The van der Waals surface area contributed by atoms with Crippen molar-refractivity contribution >= 4 is 68.5 Å². The van der Waals surface area contributed by atoms with Crippen molar-refractivity contribution in [1.29, 1.82) is 0 Å². The van der Waals surface area contributed by atoms with E-state index in [1.165, 1.54) is 0 Å². The zero-order valence-electron chi connectivity index (χ0n) is 26.1. The minimum Gasteiger partial charge on any atom is -0.423 e. The molecule has 2 N–H and O–H groups in total. The van der Waals surface area contributed by atoms with Gasteiger partial charge in [-0.1, -0.05) is 84.9 Å². The number of nitrogens with zero attached hydrogens (tertiary/aromatic N) is 3. The summed E-state index contributed by atoms with van der Waals surface area (Å²) < 4.78 is 2.25. The lowest BCUT2D eigenvalue weighted by Crippen LogP contribution is -2.29. The number of benzene rings is 7. The molecule has 0 saturated heterocycles. The summed E-state index contributed by atoms with van der Waals surface area (Å²) >= 11 is 0. The lowest BCUT2D eigenvalue weighted by Gasteiger charge is -2.26. The minimum atomic E-state index is -1.52. The van der Waals surface area contributed by atoms with Gasteiger partial charge in [0.15, 0.2) is 0 Å². The lowest BCUT2D eigenvalue weighted by atomic mass is 9.80. The van der Waals surface area contributed by atoms with Crippen molar-refractivity contribution in [3.8, 4) is 5.69 Å². The van der Waals surface area contributed by atoms with E-state index in [-0.39, 0.29) is 0 Å². The number of aromatic nitrogens is 1. The van der Waals surface area contributed by atoms with Gasteiger partial charge in [0, 0.05) is 50.6 Å². The molecule has 0 spiro atoms. The number of hydrogen-bond acceptors (Lipinski definition) is 4. The van der Waals surface area contributed by atoms with E-state index in [4.69, 9.17) is 0 Å². The Kier molecular flexibility index (Phi) is 7.71. The maximum absolute atomic E-state index is 9.77. The Morgan fingerprint density at radius 2 is 0.729 bits per heavy atom. The number of anilines is 6. The predicted molar refractivity (Wildman–Crippen MR) is 200 cm³/mol. The van der Waals surface area contributed by atoms with Gasteiger partial charge in [0.05, 0.1) is 11.0 Å². The van der Waals surface area contributed by atoms with E-state index in [2.05, 4.69) is 148 Å². The summed E-state index contributed by atoms with van der Waals surface area (Å²) in [4.78, 5) is 4.56. The molecule has 0 aliphatic rings. The molecule has 0 saturated carbocycles. The van der Waals surface area contributed by atoms with Crippen LogP contribution in [0.3, 0.4) is 0 Å². The molecule has 230 valence electrons. The molecule has 1 heterocycles. The van der Waals surface area contributed by atoms with Crippen molar-refractivity contribution in [2.24, 2.45) is 0 Å². The quantitative estimate of drug-likeness (QED) is 0.166. The first-order chi connectivity index (χ1) is 23.7. The van der Waals surface area contributed by atoms with Crippen LogP contribution >= 0.6 is 0 Å². The van der Waals surface area contributed by atoms with E-state index < -0.39 is 7.12 Å². The van der Waals surface area contributed by atoms with Crippen LogP contribution in [-0.2, 0) is 0 Å². The van der Waals surface area contributed by atoms with Crippen LogP contribution < -0.4 is 15.3 Å². The van der Waals surface area contributed by atoms with Crippen LogP contribution in [0.25, 0.3) is 27.5 Å². The molecule has 6 heteroatoms. The summed E-state index contributed by atoms with van der Waals surface area (Å²) in [6.07, 6.45) is 0. The van der Waals surface area contributed by atoms with Gasteiger partial charge in [0.25, 0.3) is 0 Å². The molecular formula is C42H32BN3O2. The molecule has 0 amide bonds. The maximum Gasteiger partial charge on any atom is 0.488 e. The van der Waals surface area contributed by atoms with Gasteiger partial charge in [-0.15, -0.1) is 0 Å². The zero-order valence-corrected chi connectivity index (χ0v) is 26.1. The van der Waals surface area contributed by atoms with Crippen molar-refractivity contribution < 1.29 is 10.0 Å². The first-order valence-corrected chi connectivity index (χ1v) is 16.0. The standard InChI is InChI=1S/C42H32BN3O2/c47-43(48)31-21-23-36(24-22-31)46-41-27-25-37(44(32-13-5-1-6-14-32)33-15-7-2-8-16-33)29-39(41)40-30-38(26-28-42(40)46)45(34-17-9-3-10-18-34)35-19-11-4-12-20-35/h1-30,47-48H. The second-order valence-electron chi connectivity index (χ2n) is 11.7. The molecule has 0 aliphatic heterocycles. The highest BCUT2D eigenvalue weighted by Gasteiger charge is 2.20. The number of hydrogen-bond donors (Lipinski definition) is 2. The van der Waals surface area contributed by atoms with Crippen LogP contribution in [0, 0.1) is 0 Å². The van der Waals surface area contributed by atoms with Gasteiger partial charge < -0.3 is 24.4 Å². The SMILES string of the molecule is OB(O)c1ccc(-n2c3ccc(N(c4ccccc4)c4ccccc4)cc3c3cc(N(c4ccccc4)c4ccccc4)ccc32)cc1. The van der Waals surface area contributed by atoms with Crippen molar-refractivity contribution in [3.63, 3.8) is 0 Å². The second kappa shape index (κ2) is 12.6. The highest BCUT2D eigenvalue weighted by molar-refractivity contribution is 6.58. The Morgan fingerprint density at radius 1 is 0.375 bits per heavy atom. The third-order valence-electron chi connectivity index (χ3n) is 8.76. The topological polar surface area (TPSA) is 51.9 Å². The fourth-order valence-electron chi connectivity index (χ4n) is 6.55. The van der Waals surface area contributed by atoms with Gasteiger partial charge in [0.1, 0.15) is 0 Å². The van der Waals surface area contributed by atoms with E-state index >= 15 is 0 Å². The van der Waals surface area contributed by atoms with E-state index in [1.807, 2.05) is 36.4 Å². The van der Waals surface area contributed by atoms with E-state index in [0.29, 0.717) is 5.46 Å². The lowest BCUT2D eigenvalue weighted by molar-refractivity contribution is 0.426. The molecule has 1 aromatic heterocycles. The summed E-state index contributed by atoms with van der Waals surface area (Å²) in [5.41, 5.74) is 9.88. The molecule has 0 atom stereocenters. The number of para-hydroxylation sites is 4. The predicted octanol–water partition coefficient (Wildman–Crippen LogP) is 9.40. The Balaban J connectivity index is 1.38. The first-order valence-electron chi connectivity index (χ1n) is 16.0. The van der Waals surface area contributed by atoms with Crippen LogP contribution in [0.5, 0.6) is 0 Å². The molecule has 0 aliphatic carbocycles. The smallest absolute Gasteiger partial charge is 0.423 e. The fraction of sp³-hybridized carbons (Fsp3) is 0. The Morgan fingerprint density at radius 3 is 1.06 bits per heavy atom. The summed E-state index contributed by atoms with van der Waals surface area (Å²) in [5, 5.41) is 21.7. The fourth-order valence-corrected chi connectivity index (χ4v) is 6.55. The molecule has 8 aromatic rings. The third kappa shape index (κ3) is 5.39. The van der Waals surface area contributed by atoms with Crippen molar-refractivity contribution in [2.75, 3.05) is 9.80 Å². The molecular weight excluding hydrogens is 589 g/mol. The van der Waals surface area contributed by atoms with Crippen LogP contribution in [0.1, 0.15) is 0 Å². The molecule has 0 unspecified atom stereocenters. The van der Waals surface area contributed by atoms with Gasteiger partial charge >= 0.3 is 7.12 Å². The third-order valence-corrected chi connectivity index (χ3v) is 8.76. The molecule has 8 rings (SSSR count). The largest absolute Gasteiger partial charge is 0.488 e. The van der Waals surface area contributed by atoms with E-state index in [0.717, 1.165) is 61.6 Å². The summed E-state index contributed by atoms with van der Waals surface area (Å²) in [6, 6.07) is 62.4. The second-order valence-corrected chi connectivity index (χ2v) is 11.7. The van der Waals surface area contributed by atoms with Gasteiger partial charge in [0.2, 0.25) is 0 Å². The monoisotopic (exact) mass is 621 g/mol. The van der Waals surface area contributed by atoms with Gasteiger partial charge in [-0.25, -0.2) is 0 Å². The molecule has 0 radical (unpaired) electrons. The zero-order chi connectivity index (χ0) is 32.5. The molecule has 5 nitrogen and oxygen atoms in total. The van der Waals surface area contributed by atoms with Crippen molar-refractivity contribution in [3.05, 3.63) is 182 Å². The average molecular weight is 622 g/mol. The average Bonchev–Trinajstić information content (AvgIpc) is 3.47. The van der Waals surface area contributed by atoms with Crippen molar-refractivity contribution in [1.82, 2.24) is 4.57 Å². The highest BCUT2D eigenvalue weighted by atomic mass is 16.4. The first kappa shape index (κ1) is 29.3. The Labute approximate surface area is 280 Å². The highest BCUT2D eigenvalue weighted by Crippen LogP contribution is 2.42. The molecule has 0 bridgehead atoms. The Hall–Kier alpha value is -6.08. The van der Waals surface area contributed by atoms with E-state index in [1.54, 1.807) is 12.1 Å². The van der Waals surface area contributed by atoms with Gasteiger partial charge in [-0.3, -0.25) is 0 Å². The van der Waals surface area contributed by atoms with Crippen LogP contribution in [0.4, 0.5) is 34.1 Å². The van der Waals surface area contributed by atoms with E-state index in [9.17, 15) is 10.0 Å². The maximum atomic E-state index is 9.77. The summed E-state index contributed by atoms with van der Waals surface area (Å²) in [7, 11) is -1.52. The number of fused-ring (bicyclic) bond motifs is 3. The van der Waals surface area contributed by atoms with Gasteiger partial charge in [-0.05, 0) is 103 Å². The summed E-state index contributed by atoms with van der Waals surface area (Å²) in [5.74, 6) is 0. The van der Waals surface area contributed by atoms with Crippen molar-refractivity contribution in [2.45, 2.75) is 0 Å². The van der Waals surface area contributed by atoms with Crippen LogP contribution in [0.15, 0.2) is 182 Å². The molecule has 48 heavy (non-hydrogen) atoms. The normalized spacial score (nSPS) is 11.1. The minimum absolute atomic E-state index is 0.451. The summed E-state index contributed by atoms with van der Waals surface area (Å²) in [6.45, 7) is 0. The van der Waals surface area contributed by atoms with Crippen LogP contribution in [0.2, 0.25) is 0 Å². The Bertz CT molecular complexity index is 2090. The van der Waals surface area contributed by atoms with Gasteiger partial charge in [-0.2, -0.15) is 0 Å².